The quantitative estimate of drug-likeness (QED) is 0.795. The lowest BCUT2D eigenvalue weighted by Gasteiger charge is -2.18. The van der Waals surface area contributed by atoms with Crippen molar-refractivity contribution >= 4 is 5.91 Å². The number of benzene rings is 2. The number of nitrogens with zero attached hydrogens (tertiary/aromatic N) is 1. The van der Waals surface area contributed by atoms with Crippen molar-refractivity contribution in [2.45, 2.75) is 26.2 Å². The van der Waals surface area contributed by atoms with Gasteiger partial charge in [0.1, 0.15) is 0 Å². The van der Waals surface area contributed by atoms with Crippen LogP contribution < -0.4 is 9.47 Å². The van der Waals surface area contributed by atoms with Gasteiger partial charge < -0.3 is 14.4 Å². The zero-order chi connectivity index (χ0) is 17.6. The molecule has 0 radical (unpaired) electrons. The second-order valence-corrected chi connectivity index (χ2v) is 6.17. The number of amides is 1. The summed E-state index contributed by atoms with van der Waals surface area (Å²) in [5, 5.41) is 0. The molecule has 1 amide bonds. The summed E-state index contributed by atoms with van der Waals surface area (Å²) in [6, 6.07) is 15.9. The molecule has 2 aromatic carbocycles. The summed E-state index contributed by atoms with van der Waals surface area (Å²) in [6.45, 7) is 6.52. The first-order valence-corrected chi connectivity index (χ1v) is 8.96. The maximum Gasteiger partial charge on any atom is 0.254 e. The van der Waals surface area contributed by atoms with Gasteiger partial charge in [0.2, 0.25) is 0 Å². The first-order valence-electron chi connectivity index (χ1n) is 8.96. The Morgan fingerprint density at radius 3 is 2.48 bits per heavy atom. The summed E-state index contributed by atoms with van der Waals surface area (Å²) in [4.78, 5) is 14.8. The highest BCUT2D eigenvalue weighted by molar-refractivity contribution is 5.95. The first kappa shape index (κ1) is 17.3. The van der Waals surface area contributed by atoms with Gasteiger partial charge in [-0.1, -0.05) is 30.3 Å². The fraction of sp³-hybridized carbons (Fsp3) is 0.381. The van der Waals surface area contributed by atoms with Crippen molar-refractivity contribution in [2.24, 2.45) is 0 Å². The second-order valence-electron chi connectivity index (χ2n) is 6.17. The van der Waals surface area contributed by atoms with E-state index in [1.54, 1.807) is 6.07 Å². The molecule has 0 N–H and O–H groups in total. The van der Waals surface area contributed by atoms with E-state index in [2.05, 4.69) is 24.3 Å². The number of hydrogen-bond donors (Lipinski definition) is 0. The van der Waals surface area contributed by atoms with Crippen LogP contribution in [0.3, 0.4) is 0 Å². The molecule has 4 heteroatoms. The summed E-state index contributed by atoms with van der Waals surface area (Å²) in [5.41, 5.74) is 1.96. The van der Waals surface area contributed by atoms with Gasteiger partial charge in [-0.2, -0.15) is 0 Å². The summed E-state index contributed by atoms with van der Waals surface area (Å²) in [5.74, 6) is 1.79. The molecular formula is C21H25NO3. The highest BCUT2D eigenvalue weighted by Gasteiger charge is 2.28. The molecule has 3 rings (SSSR count). The van der Waals surface area contributed by atoms with Crippen molar-refractivity contribution in [3.05, 3.63) is 59.7 Å². The van der Waals surface area contributed by atoms with E-state index in [0.717, 1.165) is 19.5 Å². The lowest BCUT2D eigenvalue weighted by Crippen LogP contribution is -2.28. The second kappa shape index (κ2) is 8.06. The molecule has 1 fully saturated rings. The predicted octanol–water partition coefficient (Wildman–Crippen LogP) is 4.11. The van der Waals surface area contributed by atoms with Gasteiger partial charge in [-0.25, -0.2) is 0 Å². The molecule has 1 aliphatic rings. The van der Waals surface area contributed by atoms with E-state index >= 15 is 0 Å². The van der Waals surface area contributed by atoms with Crippen molar-refractivity contribution < 1.29 is 14.3 Å². The molecule has 0 saturated carbocycles. The van der Waals surface area contributed by atoms with Crippen LogP contribution in [0.2, 0.25) is 0 Å². The lowest BCUT2D eigenvalue weighted by molar-refractivity contribution is 0.0790. The van der Waals surface area contributed by atoms with E-state index in [1.165, 1.54) is 5.56 Å². The minimum Gasteiger partial charge on any atom is -0.490 e. The van der Waals surface area contributed by atoms with Crippen molar-refractivity contribution in [1.82, 2.24) is 4.90 Å². The Balaban J connectivity index is 1.74. The number of carbonyl (C=O) groups excluding carboxylic acids is 1. The average Bonchev–Trinajstić information content (AvgIpc) is 3.14. The fourth-order valence-electron chi connectivity index (χ4n) is 3.31. The van der Waals surface area contributed by atoms with Gasteiger partial charge in [-0.3, -0.25) is 4.79 Å². The normalized spacial score (nSPS) is 16.7. The van der Waals surface area contributed by atoms with Crippen LogP contribution in [0, 0.1) is 0 Å². The molecule has 2 aromatic rings. The molecule has 0 aromatic heterocycles. The van der Waals surface area contributed by atoms with E-state index in [4.69, 9.17) is 9.47 Å². The van der Waals surface area contributed by atoms with E-state index < -0.39 is 0 Å². The third-order valence-corrected chi connectivity index (χ3v) is 4.54. The van der Waals surface area contributed by atoms with Crippen LogP contribution in [0.25, 0.3) is 0 Å². The molecular weight excluding hydrogens is 314 g/mol. The van der Waals surface area contributed by atoms with Gasteiger partial charge in [0, 0.05) is 24.6 Å². The van der Waals surface area contributed by atoms with Crippen LogP contribution in [0.4, 0.5) is 0 Å². The summed E-state index contributed by atoms with van der Waals surface area (Å²) >= 11 is 0. The SMILES string of the molecule is CCOc1ccc(C(=O)N2CCC(c3ccccc3)C2)cc1OCC. The molecule has 0 bridgehead atoms. The summed E-state index contributed by atoms with van der Waals surface area (Å²) in [6.07, 6.45) is 1.01. The Morgan fingerprint density at radius 1 is 1.04 bits per heavy atom. The van der Waals surface area contributed by atoms with Gasteiger partial charge in [0.25, 0.3) is 5.91 Å². The number of ether oxygens (including phenoxy) is 2. The molecule has 25 heavy (non-hydrogen) atoms. The van der Waals surface area contributed by atoms with Crippen molar-refractivity contribution in [3.8, 4) is 11.5 Å². The van der Waals surface area contributed by atoms with Crippen LogP contribution in [-0.2, 0) is 0 Å². The van der Waals surface area contributed by atoms with Gasteiger partial charge in [-0.05, 0) is 44.0 Å². The largest absolute Gasteiger partial charge is 0.490 e. The predicted molar refractivity (Wildman–Crippen MR) is 98.5 cm³/mol. The Bertz CT molecular complexity index is 714. The minimum absolute atomic E-state index is 0.0578. The molecule has 1 unspecified atom stereocenters. The van der Waals surface area contributed by atoms with Crippen molar-refractivity contribution in [2.75, 3.05) is 26.3 Å². The first-order chi connectivity index (χ1) is 12.2. The zero-order valence-electron chi connectivity index (χ0n) is 14.9. The van der Waals surface area contributed by atoms with E-state index in [-0.39, 0.29) is 5.91 Å². The molecule has 132 valence electrons. The third-order valence-electron chi connectivity index (χ3n) is 4.54. The maximum atomic E-state index is 12.9. The van der Waals surface area contributed by atoms with E-state index in [1.807, 2.05) is 36.9 Å². The van der Waals surface area contributed by atoms with Gasteiger partial charge in [-0.15, -0.1) is 0 Å². The number of rotatable bonds is 6. The lowest BCUT2D eigenvalue weighted by atomic mass is 9.99. The van der Waals surface area contributed by atoms with Crippen LogP contribution in [0.5, 0.6) is 11.5 Å². The number of hydrogen-bond acceptors (Lipinski definition) is 3. The van der Waals surface area contributed by atoms with Gasteiger partial charge >= 0.3 is 0 Å². The van der Waals surface area contributed by atoms with Crippen LogP contribution >= 0.6 is 0 Å². The monoisotopic (exact) mass is 339 g/mol. The van der Waals surface area contributed by atoms with Crippen LogP contribution in [-0.4, -0.2) is 37.1 Å². The van der Waals surface area contributed by atoms with Gasteiger partial charge in [0.15, 0.2) is 11.5 Å². The average molecular weight is 339 g/mol. The highest BCUT2D eigenvalue weighted by Crippen LogP contribution is 2.31. The van der Waals surface area contributed by atoms with E-state index in [0.29, 0.717) is 36.2 Å². The molecule has 1 saturated heterocycles. The zero-order valence-corrected chi connectivity index (χ0v) is 14.9. The smallest absolute Gasteiger partial charge is 0.254 e. The minimum atomic E-state index is 0.0578. The molecule has 0 spiro atoms. The number of carbonyl (C=O) groups is 1. The molecule has 0 aliphatic carbocycles. The number of likely N-dealkylation sites (tertiary alicyclic amines) is 1. The topological polar surface area (TPSA) is 38.8 Å². The van der Waals surface area contributed by atoms with Crippen LogP contribution in [0.1, 0.15) is 42.1 Å². The Morgan fingerprint density at radius 2 is 1.76 bits per heavy atom. The Kier molecular flexibility index (Phi) is 5.59. The summed E-state index contributed by atoms with van der Waals surface area (Å²) in [7, 11) is 0. The summed E-state index contributed by atoms with van der Waals surface area (Å²) < 4.78 is 11.2. The van der Waals surface area contributed by atoms with E-state index in [9.17, 15) is 4.79 Å². The highest BCUT2D eigenvalue weighted by atomic mass is 16.5. The van der Waals surface area contributed by atoms with Crippen molar-refractivity contribution in [1.29, 1.82) is 0 Å². The van der Waals surface area contributed by atoms with Crippen molar-refractivity contribution in [3.63, 3.8) is 0 Å². The van der Waals surface area contributed by atoms with Gasteiger partial charge in [0.05, 0.1) is 13.2 Å². The Labute approximate surface area is 149 Å². The molecule has 1 atom stereocenters. The molecule has 1 heterocycles. The standard InChI is InChI=1S/C21H25NO3/c1-3-24-19-11-10-17(14-20(19)25-4-2)21(23)22-13-12-18(15-22)16-8-6-5-7-9-16/h5-11,14,18H,3-4,12-13,15H2,1-2H3. The maximum absolute atomic E-state index is 12.9. The molecule has 1 aliphatic heterocycles. The van der Waals surface area contributed by atoms with Crippen LogP contribution in [0.15, 0.2) is 48.5 Å². The fourth-order valence-corrected chi connectivity index (χ4v) is 3.31. The molecule has 4 nitrogen and oxygen atoms in total. The Hall–Kier alpha value is -2.49. The third kappa shape index (κ3) is 3.95.